The predicted octanol–water partition coefficient (Wildman–Crippen LogP) is 2.91. The third-order valence-corrected chi connectivity index (χ3v) is 3.84. The summed E-state index contributed by atoms with van der Waals surface area (Å²) in [6.45, 7) is 4.75. The van der Waals surface area contributed by atoms with E-state index in [4.69, 9.17) is 0 Å². The summed E-state index contributed by atoms with van der Waals surface area (Å²) in [5.41, 5.74) is 1.94. The van der Waals surface area contributed by atoms with Gasteiger partial charge in [0.15, 0.2) is 5.78 Å². The van der Waals surface area contributed by atoms with Crippen LogP contribution >= 0.6 is 0 Å². The van der Waals surface area contributed by atoms with Gasteiger partial charge in [-0.05, 0) is 45.2 Å². The van der Waals surface area contributed by atoms with Gasteiger partial charge in [-0.15, -0.1) is 0 Å². The van der Waals surface area contributed by atoms with Gasteiger partial charge in [-0.3, -0.25) is 9.69 Å². The summed E-state index contributed by atoms with van der Waals surface area (Å²) in [5, 5.41) is 0. The fourth-order valence-electron chi connectivity index (χ4n) is 2.28. The molecule has 2 nitrogen and oxygen atoms in total. The molecule has 1 aliphatic carbocycles. The molecule has 1 aromatic carbocycles. The highest BCUT2D eigenvalue weighted by Crippen LogP contribution is 2.34. The van der Waals surface area contributed by atoms with E-state index in [2.05, 4.69) is 18.9 Å². The summed E-state index contributed by atoms with van der Waals surface area (Å²) in [6.07, 6.45) is 2.65. The zero-order chi connectivity index (χ0) is 12.4. The molecule has 0 aliphatic heterocycles. The number of aryl methyl sites for hydroxylation is 1. The normalized spacial score (nSPS) is 17.2. The number of carbonyl (C=O) groups is 1. The molecule has 1 atom stereocenters. The van der Waals surface area contributed by atoms with E-state index in [1.807, 2.05) is 31.2 Å². The lowest BCUT2D eigenvalue weighted by Crippen LogP contribution is -2.35. The third-order valence-electron chi connectivity index (χ3n) is 3.84. The summed E-state index contributed by atoms with van der Waals surface area (Å²) in [4.78, 5) is 14.4. The molecule has 0 amide bonds. The Kier molecular flexibility index (Phi) is 3.63. The number of ketones is 1. The van der Waals surface area contributed by atoms with Crippen molar-refractivity contribution in [2.75, 3.05) is 13.6 Å². The van der Waals surface area contributed by atoms with E-state index in [-0.39, 0.29) is 5.78 Å². The van der Waals surface area contributed by atoms with Crippen molar-refractivity contribution in [2.24, 2.45) is 5.92 Å². The SMILES string of the molecule is Cc1ccccc1C(=O)CN(C)C(C)C1CC1. The van der Waals surface area contributed by atoms with Gasteiger partial charge in [0.25, 0.3) is 0 Å². The molecule has 0 N–H and O–H groups in total. The van der Waals surface area contributed by atoms with Gasteiger partial charge in [0.2, 0.25) is 0 Å². The fourth-order valence-corrected chi connectivity index (χ4v) is 2.28. The van der Waals surface area contributed by atoms with Crippen LogP contribution in [0.25, 0.3) is 0 Å². The third kappa shape index (κ3) is 2.95. The van der Waals surface area contributed by atoms with E-state index in [0.717, 1.165) is 17.0 Å². The highest BCUT2D eigenvalue weighted by atomic mass is 16.1. The van der Waals surface area contributed by atoms with Crippen molar-refractivity contribution < 1.29 is 4.79 Å². The Morgan fingerprint density at radius 3 is 2.65 bits per heavy atom. The molecular formula is C15H21NO. The topological polar surface area (TPSA) is 20.3 Å². The minimum atomic E-state index is 0.234. The number of hydrogen-bond donors (Lipinski definition) is 0. The molecule has 0 radical (unpaired) electrons. The number of likely N-dealkylation sites (N-methyl/N-ethyl adjacent to an activating group) is 1. The highest BCUT2D eigenvalue weighted by molar-refractivity contribution is 5.98. The lowest BCUT2D eigenvalue weighted by molar-refractivity contribution is 0.0916. The Morgan fingerprint density at radius 1 is 1.41 bits per heavy atom. The van der Waals surface area contributed by atoms with Gasteiger partial charge in [0, 0.05) is 11.6 Å². The van der Waals surface area contributed by atoms with E-state index in [1.54, 1.807) is 0 Å². The number of Topliss-reactive ketones (excluding diaryl/α,β-unsaturated/α-hetero) is 1. The van der Waals surface area contributed by atoms with Crippen LogP contribution < -0.4 is 0 Å². The maximum Gasteiger partial charge on any atom is 0.177 e. The zero-order valence-electron chi connectivity index (χ0n) is 10.9. The summed E-state index contributed by atoms with van der Waals surface area (Å²) < 4.78 is 0. The van der Waals surface area contributed by atoms with Crippen LogP contribution in [0.2, 0.25) is 0 Å². The van der Waals surface area contributed by atoms with Crippen LogP contribution in [-0.4, -0.2) is 30.3 Å². The van der Waals surface area contributed by atoms with E-state index in [1.165, 1.54) is 12.8 Å². The van der Waals surface area contributed by atoms with Crippen LogP contribution in [0.3, 0.4) is 0 Å². The average Bonchev–Trinajstić information content (AvgIpc) is 3.12. The summed E-state index contributed by atoms with van der Waals surface area (Å²) in [5.74, 6) is 1.04. The lowest BCUT2D eigenvalue weighted by atomic mass is 10.0. The van der Waals surface area contributed by atoms with Crippen LogP contribution in [0.15, 0.2) is 24.3 Å². The van der Waals surface area contributed by atoms with Crippen molar-refractivity contribution in [3.05, 3.63) is 35.4 Å². The molecule has 1 saturated carbocycles. The molecule has 1 unspecified atom stereocenters. The summed E-state index contributed by atoms with van der Waals surface area (Å²) >= 11 is 0. The van der Waals surface area contributed by atoms with Gasteiger partial charge in [-0.1, -0.05) is 24.3 Å². The molecule has 1 aliphatic rings. The van der Waals surface area contributed by atoms with Gasteiger partial charge in [-0.25, -0.2) is 0 Å². The molecule has 17 heavy (non-hydrogen) atoms. The van der Waals surface area contributed by atoms with Crippen molar-refractivity contribution in [2.45, 2.75) is 32.7 Å². The molecule has 0 spiro atoms. The molecule has 1 aromatic rings. The molecule has 0 bridgehead atoms. The van der Waals surface area contributed by atoms with Crippen LogP contribution in [-0.2, 0) is 0 Å². The Bertz CT molecular complexity index is 409. The first-order valence-corrected chi connectivity index (χ1v) is 6.38. The van der Waals surface area contributed by atoms with E-state index in [9.17, 15) is 4.79 Å². The Balaban J connectivity index is 1.99. The molecule has 2 heteroatoms. The number of nitrogens with zero attached hydrogens (tertiary/aromatic N) is 1. The number of hydrogen-bond acceptors (Lipinski definition) is 2. The first-order chi connectivity index (χ1) is 8.09. The van der Waals surface area contributed by atoms with Crippen molar-refractivity contribution in [1.82, 2.24) is 4.90 Å². The quantitative estimate of drug-likeness (QED) is 0.726. The molecule has 2 rings (SSSR count). The van der Waals surface area contributed by atoms with Crippen LogP contribution in [0.5, 0.6) is 0 Å². The smallest absolute Gasteiger partial charge is 0.177 e. The standard InChI is InChI=1S/C15H21NO/c1-11-6-4-5-7-14(11)15(17)10-16(3)12(2)13-8-9-13/h4-7,12-13H,8-10H2,1-3H3. The van der Waals surface area contributed by atoms with Gasteiger partial charge >= 0.3 is 0 Å². The maximum atomic E-state index is 12.2. The molecule has 92 valence electrons. The van der Waals surface area contributed by atoms with E-state index in [0.29, 0.717) is 12.6 Å². The number of benzene rings is 1. The monoisotopic (exact) mass is 231 g/mol. The number of rotatable bonds is 5. The van der Waals surface area contributed by atoms with Crippen LogP contribution in [0.4, 0.5) is 0 Å². The van der Waals surface area contributed by atoms with Crippen LogP contribution in [0, 0.1) is 12.8 Å². The van der Waals surface area contributed by atoms with Gasteiger partial charge < -0.3 is 0 Å². The second kappa shape index (κ2) is 5.01. The molecule has 0 aromatic heterocycles. The molecular weight excluding hydrogens is 210 g/mol. The van der Waals surface area contributed by atoms with Crippen molar-refractivity contribution >= 4 is 5.78 Å². The van der Waals surface area contributed by atoms with Gasteiger partial charge in [0.05, 0.1) is 6.54 Å². The van der Waals surface area contributed by atoms with Crippen molar-refractivity contribution in [3.63, 3.8) is 0 Å². The minimum Gasteiger partial charge on any atom is -0.296 e. The van der Waals surface area contributed by atoms with Gasteiger partial charge in [-0.2, -0.15) is 0 Å². The zero-order valence-corrected chi connectivity index (χ0v) is 10.9. The van der Waals surface area contributed by atoms with Crippen molar-refractivity contribution in [1.29, 1.82) is 0 Å². The van der Waals surface area contributed by atoms with Gasteiger partial charge in [0.1, 0.15) is 0 Å². The second-order valence-corrected chi connectivity index (χ2v) is 5.23. The number of carbonyl (C=O) groups excluding carboxylic acids is 1. The highest BCUT2D eigenvalue weighted by Gasteiger charge is 2.31. The Hall–Kier alpha value is -1.15. The summed E-state index contributed by atoms with van der Waals surface area (Å²) in [6, 6.07) is 8.36. The first-order valence-electron chi connectivity index (χ1n) is 6.38. The summed E-state index contributed by atoms with van der Waals surface area (Å²) in [7, 11) is 2.05. The minimum absolute atomic E-state index is 0.234. The maximum absolute atomic E-state index is 12.2. The largest absolute Gasteiger partial charge is 0.296 e. The molecule has 1 fully saturated rings. The molecule has 0 heterocycles. The fraction of sp³-hybridized carbons (Fsp3) is 0.533. The van der Waals surface area contributed by atoms with Crippen LogP contribution in [0.1, 0.15) is 35.7 Å². The molecule has 0 saturated heterocycles. The first kappa shape index (κ1) is 12.3. The Morgan fingerprint density at radius 2 is 2.06 bits per heavy atom. The van der Waals surface area contributed by atoms with E-state index >= 15 is 0 Å². The average molecular weight is 231 g/mol. The predicted molar refractivity (Wildman–Crippen MR) is 70.3 cm³/mol. The Labute approximate surface area is 104 Å². The lowest BCUT2D eigenvalue weighted by Gasteiger charge is -2.23. The van der Waals surface area contributed by atoms with E-state index < -0.39 is 0 Å². The van der Waals surface area contributed by atoms with Crippen molar-refractivity contribution in [3.8, 4) is 0 Å². The second-order valence-electron chi connectivity index (χ2n) is 5.23.